The molecule has 0 aliphatic heterocycles. The van der Waals surface area contributed by atoms with Gasteiger partial charge in [-0.2, -0.15) is 0 Å². The standard InChI is InChI=1S/C19H18I2O4/c20-16-6-1-4-14(10-16)12-24-18(22)8-3-9-19(23)25-13-15-5-2-7-17(21)11-15/h1-2,4-7,10-11H,3,8-9,12-13H2. The van der Waals surface area contributed by atoms with Gasteiger partial charge in [0.05, 0.1) is 0 Å². The Morgan fingerprint density at radius 3 is 1.60 bits per heavy atom. The van der Waals surface area contributed by atoms with Crippen LogP contribution < -0.4 is 0 Å². The third-order valence-electron chi connectivity index (χ3n) is 3.34. The first-order valence-electron chi connectivity index (χ1n) is 7.83. The fraction of sp³-hybridized carbons (Fsp3) is 0.263. The van der Waals surface area contributed by atoms with Gasteiger partial charge < -0.3 is 9.47 Å². The predicted molar refractivity (Wildman–Crippen MR) is 112 cm³/mol. The molecular weight excluding hydrogens is 546 g/mol. The Labute approximate surface area is 174 Å². The zero-order valence-corrected chi connectivity index (χ0v) is 17.9. The van der Waals surface area contributed by atoms with E-state index in [1.807, 2.05) is 48.5 Å². The number of ether oxygens (including phenoxy) is 2. The molecule has 25 heavy (non-hydrogen) atoms. The van der Waals surface area contributed by atoms with Gasteiger partial charge in [-0.05, 0) is 87.0 Å². The van der Waals surface area contributed by atoms with Crippen LogP contribution in [0.25, 0.3) is 0 Å². The first-order chi connectivity index (χ1) is 12.0. The molecule has 0 fully saturated rings. The number of halogens is 2. The van der Waals surface area contributed by atoms with Crippen molar-refractivity contribution >= 4 is 57.1 Å². The zero-order valence-electron chi connectivity index (χ0n) is 13.5. The SMILES string of the molecule is O=C(CCCC(=O)OCc1cccc(I)c1)OCc1cccc(I)c1. The zero-order chi connectivity index (χ0) is 18.1. The van der Waals surface area contributed by atoms with Crippen LogP contribution in [0.1, 0.15) is 30.4 Å². The van der Waals surface area contributed by atoms with Gasteiger partial charge in [0.1, 0.15) is 13.2 Å². The van der Waals surface area contributed by atoms with Crippen molar-refractivity contribution in [3.05, 3.63) is 66.8 Å². The minimum atomic E-state index is -0.302. The van der Waals surface area contributed by atoms with Gasteiger partial charge in [-0.25, -0.2) is 0 Å². The molecule has 0 aliphatic carbocycles. The minimum Gasteiger partial charge on any atom is -0.461 e. The molecule has 2 aromatic carbocycles. The predicted octanol–water partition coefficient (Wildman–Crippen LogP) is 4.85. The Morgan fingerprint density at radius 2 is 1.20 bits per heavy atom. The molecule has 6 heteroatoms. The van der Waals surface area contributed by atoms with E-state index in [4.69, 9.17) is 9.47 Å². The summed E-state index contributed by atoms with van der Waals surface area (Å²) >= 11 is 4.43. The summed E-state index contributed by atoms with van der Waals surface area (Å²) in [4.78, 5) is 23.4. The second-order valence-electron chi connectivity index (χ2n) is 5.43. The Hall–Kier alpha value is -1.16. The van der Waals surface area contributed by atoms with E-state index in [2.05, 4.69) is 45.2 Å². The smallest absolute Gasteiger partial charge is 0.306 e. The van der Waals surface area contributed by atoms with Gasteiger partial charge in [-0.1, -0.05) is 24.3 Å². The summed E-state index contributed by atoms with van der Waals surface area (Å²) in [6, 6.07) is 15.6. The maximum atomic E-state index is 11.7. The van der Waals surface area contributed by atoms with Crippen LogP contribution in [0.3, 0.4) is 0 Å². The van der Waals surface area contributed by atoms with Crippen molar-refractivity contribution in [3.63, 3.8) is 0 Å². The Bertz CT molecular complexity index is 669. The summed E-state index contributed by atoms with van der Waals surface area (Å²) in [5, 5.41) is 0. The fourth-order valence-electron chi connectivity index (χ4n) is 2.10. The maximum absolute atomic E-state index is 11.7. The van der Waals surface area contributed by atoms with Gasteiger partial charge in [0.2, 0.25) is 0 Å². The molecule has 132 valence electrons. The van der Waals surface area contributed by atoms with E-state index in [-0.39, 0.29) is 38.0 Å². The van der Waals surface area contributed by atoms with Crippen molar-refractivity contribution in [2.75, 3.05) is 0 Å². The molecular formula is C19H18I2O4. The first kappa shape index (κ1) is 20.2. The lowest BCUT2D eigenvalue weighted by Gasteiger charge is -2.06. The van der Waals surface area contributed by atoms with E-state index in [0.717, 1.165) is 18.3 Å². The van der Waals surface area contributed by atoms with Gasteiger partial charge in [0.15, 0.2) is 0 Å². The Kier molecular flexibility index (Phi) is 8.66. The van der Waals surface area contributed by atoms with Crippen LogP contribution in [0.2, 0.25) is 0 Å². The molecule has 4 nitrogen and oxygen atoms in total. The summed E-state index contributed by atoms with van der Waals surface area (Å²) in [6.45, 7) is 0.513. The normalized spacial score (nSPS) is 10.3. The van der Waals surface area contributed by atoms with E-state index < -0.39 is 0 Å². The largest absolute Gasteiger partial charge is 0.461 e. The molecule has 0 unspecified atom stereocenters. The number of carbonyl (C=O) groups excluding carboxylic acids is 2. The molecule has 2 rings (SSSR count). The van der Waals surface area contributed by atoms with Crippen LogP contribution in [0, 0.1) is 7.14 Å². The quantitative estimate of drug-likeness (QED) is 0.340. The fourth-order valence-corrected chi connectivity index (χ4v) is 3.32. The number of carbonyl (C=O) groups is 2. The van der Waals surface area contributed by atoms with Crippen LogP contribution in [0.5, 0.6) is 0 Å². The molecule has 0 aromatic heterocycles. The van der Waals surface area contributed by atoms with Crippen LogP contribution in [0.15, 0.2) is 48.5 Å². The lowest BCUT2D eigenvalue weighted by Crippen LogP contribution is -2.08. The van der Waals surface area contributed by atoms with Crippen LogP contribution in [-0.2, 0) is 32.3 Å². The molecule has 2 aromatic rings. The van der Waals surface area contributed by atoms with Crippen LogP contribution in [-0.4, -0.2) is 11.9 Å². The summed E-state index contributed by atoms with van der Waals surface area (Å²) in [5.41, 5.74) is 1.91. The van der Waals surface area contributed by atoms with Gasteiger partial charge in [0, 0.05) is 20.0 Å². The van der Waals surface area contributed by atoms with Gasteiger partial charge in [0.25, 0.3) is 0 Å². The second-order valence-corrected chi connectivity index (χ2v) is 7.93. The average molecular weight is 564 g/mol. The highest BCUT2D eigenvalue weighted by molar-refractivity contribution is 14.1. The summed E-state index contributed by atoms with van der Waals surface area (Å²) < 4.78 is 12.6. The highest BCUT2D eigenvalue weighted by atomic mass is 127. The van der Waals surface area contributed by atoms with Crippen molar-refractivity contribution in [2.24, 2.45) is 0 Å². The summed E-state index contributed by atoms with van der Waals surface area (Å²) in [5.74, 6) is -0.603. The van der Waals surface area contributed by atoms with Crippen molar-refractivity contribution in [1.82, 2.24) is 0 Å². The van der Waals surface area contributed by atoms with E-state index >= 15 is 0 Å². The summed E-state index contributed by atoms with van der Waals surface area (Å²) in [6.07, 6.45) is 0.848. The lowest BCUT2D eigenvalue weighted by molar-refractivity contribution is -0.146. The number of hydrogen-bond acceptors (Lipinski definition) is 4. The van der Waals surface area contributed by atoms with Crippen LogP contribution in [0.4, 0.5) is 0 Å². The van der Waals surface area contributed by atoms with E-state index in [9.17, 15) is 9.59 Å². The number of rotatable bonds is 8. The molecule has 0 radical (unpaired) electrons. The third kappa shape index (κ3) is 8.17. The van der Waals surface area contributed by atoms with Crippen molar-refractivity contribution < 1.29 is 19.1 Å². The topological polar surface area (TPSA) is 52.6 Å². The van der Waals surface area contributed by atoms with E-state index in [0.29, 0.717) is 6.42 Å². The Morgan fingerprint density at radius 1 is 0.760 bits per heavy atom. The molecule has 0 spiro atoms. The first-order valence-corrected chi connectivity index (χ1v) is 9.99. The molecule has 0 N–H and O–H groups in total. The number of hydrogen-bond donors (Lipinski definition) is 0. The lowest BCUT2D eigenvalue weighted by atomic mass is 10.2. The highest BCUT2D eigenvalue weighted by Gasteiger charge is 2.08. The van der Waals surface area contributed by atoms with Crippen molar-refractivity contribution in [3.8, 4) is 0 Å². The molecule has 0 bridgehead atoms. The van der Waals surface area contributed by atoms with Gasteiger partial charge in [-0.3, -0.25) is 9.59 Å². The molecule has 0 heterocycles. The second kappa shape index (κ2) is 10.7. The van der Waals surface area contributed by atoms with Crippen molar-refractivity contribution in [2.45, 2.75) is 32.5 Å². The molecule has 0 aliphatic rings. The summed E-state index contributed by atoms with van der Waals surface area (Å²) in [7, 11) is 0. The van der Waals surface area contributed by atoms with Gasteiger partial charge >= 0.3 is 11.9 Å². The van der Waals surface area contributed by atoms with Gasteiger partial charge in [-0.15, -0.1) is 0 Å². The molecule has 0 saturated heterocycles. The monoisotopic (exact) mass is 564 g/mol. The number of benzene rings is 2. The molecule has 0 saturated carbocycles. The highest BCUT2D eigenvalue weighted by Crippen LogP contribution is 2.11. The number of esters is 2. The van der Waals surface area contributed by atoms with E-state index in [1.54, 1.807) is 0 Å². The molecule has 0 atom stereocenters. The van der Waals surface area contributed by atoms with Crippen LogP contribution >= 0.6 is 45.2 Å². The average Bonchev–Trinajstić information content (AvgIpc) is 2.58. The van der Waals surface area contributed by atoms with Crippen molar-refractivity contribution in [1.29, 1.82) is 0 Å². The Balaban J connectivity index is 1.61. The van der Waals surface area contributed by atoms with E-state index in [1.165, 1.54) is 0 Å². The third-order valence-corrected chi connectivity index (χ3v) is 4.68. The minimum absolute atomic E-state index is 0.211. The maximum Gasteiger partial charge on any atom is 0.306 e. The molecule has 0 amide bonds.